The van der Waals surface area contributed by atoms with Gasteiger partial charge in [-0.25, -0.2) is 0 Å². The molecule has 2 atom stereocenters. The summed E-state index contributed by atoms with van der Waals surface area (Å²) in [5.41, 5.74) is 2.03. The summed E-state index contributed by atoms with van der Waals surface area (Å²) in [6.07, 6.45) is 3.93. The molecule has 0 aliphatic carbocycles. The lowest BCUT2D eigenvalue weighted by Crippen LogP contribution is -2.50. The van der Waals surface area contributed by atoms with E-state index in [1.807, 2.05) is 19.2 Å². The lowest BCUT2D eigenvalue weighted by atomic mass is 10.00. The van der Waals surface area contributed by atoms with E-state index in [2.05, 4.69) is 28.9 Å². The normalized spacial score (nSPS) is 24.1. The number of nitrogens with zero attached hydrogens (tertiary/aromatic N) is 3. The molecule has 0 bridgehead atoms. The fourth-order valence-corrected chi connectivity index (χ4v) is 2.51. The van der Waals surface area contributed by atoms with Crippen molar-refractivity contribution in [1.29, 1.82) is 0 Å². The topological polar surface area (TPSA) is 39.6 Å². The standard InChI is InChI=1S/C14H23N3O/c1-11-6-12(9-15-8-11)14(18)7-13-10-16(2)4-5-17(13)3/h6,8-9,13-14,18H,4-5,7,10H2,1-3H3. The summed E-state index contributed by atoms with van der Waals surface area (Å²) in [6, 6.07) is 2.43. The van der Waals surface area contributed by atoms with Gasteiger partial charge in [0.15, 0.2) is 0 Å². The Labute approximate surface area is 109 Å². The highest BCUT2D eigenvalue weighted by molar-refractivity contribution is 5.19. The van der Waals surface area contributed by atoms with Crippen molar-refractivity contribution in [2.75, 3.05) is 33.7 Å². The highest BCUT2D eigenvalue weighted by Crippen LogP contribution is 2.22. The Kier molecular flexibility index (Phi) is 4.32. The van der Waals surface area contributed by atoms with Crippen molar-refractivity contribution in [3.8, 4) is 0 Å². The molecule has 1 fully saturated rings. The smallest absolute Gasteiger partial charge is 0.0820 e. The molecule has 1 aromatic rings. The van der Waals surface area contributed by atoms with Crippen molar-refractivity contribution in [2.45, 2.75) is 25.5 Å². The SMILES string of the molecule is Cc1cncc(C(O)CC2CN(C)CCN2C)c1. The number of aryl methyl sites for hydroxylation is 1. The minimum absolute atomic E-state index is 0.416. The molecule has 0 aromatic carbocycles. The molecule has 100 valence electrons. The lowest BCUT2D eigenvalue weighted by molar-refractivity contribution is 0.0633. The lowest BCUT2D eigenvalue weighted by Gasteiger charge is -2.38. The van der Waals surface area contributed by atoms with Gasteiger partial charge >= 0.3 is 0 Å². The molecule has 1 aromatic heterocycles. The number of piperazine rings is 1. The van der Waals surface area contributed by atoms with Crippen LogP contribution >= 0.6 is 0 Å². The Hall–Kier alpha value is -0.970. The summed E-state index contributed by atoms with van der Waals surface area (Å²) in [5.74, 6) is 0. The molecule has 1 aliphatic heterocycles. The van der Waals surface area contributed by atoms with Crippen LogP contribution in [0.1, 0.15) is 23.7 Å². The fourth-order valence-electron chi connectivity index (χ4n) is 2.51. The van der Waals surface area contributed by atoms with Crippen molar-refractivity contribution in [3.63, 3.8) is 0 Å². The van der Waals surface area contributed by atoms with Crippen molar-refractivity contribution in [3.05, 3.63) is 29.6 Å². The van der Waals surface area contributed by atoms with Crippen LogP contribution in [0, 0.1) is 6.92 Å². The molecule has 2 rings (SSSR count). The Bertz CT molecular complexity index is 396. The molecule has 1 aliphatic rings. The number of pyridine rings is 1. The molecule has 18 heavy (non-hydrogen) atoms. The zero-order chi connectivity index (χ0) is 13.1. The summed E-state index contributed by atoms with van der Waals surface area (Å²) in [7, 11) is 4.28. The molecule has 4 nitrogen and oxygen atoms in total. The Morgan fingerprint density at radius 2 is 2.17 bits per heavy atom. The van der Waals surface area contributed by atoms with E-state index >= 15 is 0 Å². The molecule has 2 unspecified atom stereocenters. The van der Waals surface area contributed by atoms with Gasteiger partial charge in [0, 0.05) is 38.1 Å². The maximum Gasteiger partial charge on any atom is 0.0820 e. The second kappa shape index (κ2) is 5.78. The van der Waals surface area contributed by atoms with Crippen LogP contribution in [0.2, 0.25) is 0 Å². The van der Waals surface area contributed by atoms with Gasteiger partial charge < -0.3 is 14.9 Å². The summed E-state index contributed by atoms with van der Waals surface area (Å²) in [5, 5.41) is 10.3. The first kappa shape index (κ1) is 13.5. The van der Waals surface area contributed by atoms with Crippen molar-refractivity contribution < 1.29 is 5.11 Å². The van der Waals surface area contributed by atoms with Crippen LogP contribution in [0.4, 0.5) is 0 Å². The largest absolute Gasteiger partial charge is 0.388 e. The fraction of sp³-hybridized carbons (Fsp3) is 0.643. The number of aliphatic hydroxyl groups excluding tert-OH is 1. The Morgan fingerprint density at radius 3 is 2.89 bits per heavy atom. The van der Waals surface area contributed by atoms with E-state index in [-0.39, 0.29) is 0 Å². The predicted octanol–water partition coefficient (Wildman–Crippen LogP) is 1.06. The number of rotatable bonds is 3. The van der Waals surface area contributed by atoms with E-state index in [1.165, 1.54) is 0 Å². The van der Waals surface area contributed by atoms with Crippen LogP contribution in [0.25, 0.3) is 0 Å². The Morgan fingerprint density at radius 1 is 1.39 bits per heavy atom. The number of hydrogen-bond acceptors (Lipinski definition) is 4. The molecule has 1 saturated heterocycles. The third-order valence-electron chi connectivity index (χ3n) is 3.76. The predicted molar refractivity (Wildman–Crippen MR) is 72.5 cm³/mol. The first-order valence-electron chi connectivity index (χ1n) is 6.54. The van der Waals surface area contributed by atoms with Gasteiger partial charge in [-0.15, -0.1) is 0 Å². The molecule has 1 N–H and O–H groups in total. The first-order valence-corrected chi connectivity index (χ1v) is 6.54. The van der Waals surface area contributed by atoms with Crippen LogP contribution in [0.15, 0.2) is 18.5 Å². The van der Waals surface area contributed by atoms with E-state index < -0.39 is 6.10 Å². The van der Waals surface area contributed by atoms with Crippen LogP contribution in [0.3, 0.4) is 0 Å². The number of likely N-dealkylation sites (N-methyl/N-ethyl adjacent to an activating group) is 2. The number of aliphatic hydroxyl groups is 1. The average Bonchev–Trinajstić information content (AvgIpc) is 2.34. The monoisotopic (exact) mass is 249 g/mol. The minimum Gasteiger partial charge on any atom is -0.388 e. The van der Waals surface area contributed by atoms with E-state index in [4.69, 9.17) is 0 Å². The number of hydrogen-bond donors (Lipinski definition) is 1. The molecule has 0 spiro atoms. The van der Waals surface area contributed by atoms with Gasteiger partial charge in [-0.1, -0.05) is 6.07 Å². The van der Waals surface area contributed by atoms with E-state index in [0.29, 0.717) is 6.04 Å². The van der Waals surface area contributed by atoms with E-state index in [1.54, 1.807) is 6.20 Å². The minimum atomic E-state index is -0.420. The second-order valence-electron chi connectivity index (χ2n) is 5.44. The van der Waals surface area contributed by atoms with Crippen molar-refractivity contribution >= 4 is 0 Å². The maximum absolute atomic E-state index is 10.3. The van der Waals surface area contributed by atoms with Gasteiger partial charge in [-0.05, 0) is 38.6 Å². The molecule has 2 heterocycles. The first-order chi connectivity index (χ1) is 8.56. The zero-order valence-electron chi connectivity index (χ0n) is 11.5. The second-order valence-corrected chi connectivity index (χ2v) is 5.44. The van der Waals surface area contributed by atoms with Gasteiger partial charge in [0.1, 0.15) is 0 Å². The molecule has 0 saturated carbocycles. The van der Waals surface area contributed by atoms with Gasteiger partial charge in [0.2, 0.25) is 0 Å². The summed E-state index contributed by atoms with van der Waals surface area (Å²) >= 11 is 0. The van der Waals surface area contributed by atoms with Gasteiger partial charge in [0.05, 0.1) is 6.10 Å². The summed E-state index contributed by atoms with van der Waals surface area (Å²) in [4.78, 5) is 8.81. The molecular formula is C14H23N3O. The van der Waals surface area contributed by atoms with Crippen LogP contribution in [-0.2, 0) is 0 Å². The van der Waals surface area contributed by atoms with Crippen molar-refractivity contribution in [1.82, 2.24) is 14.8 Å². The highest BCUT2D eigenvalue weighted by atomic mass is 16.3. The van der Waals surface area contributed by atoms with Gasteiger partial charge in [0.25, 0.3) is 0 Å². The van der Waals surface area contributed by atoms with Crippen molar-refractivity contribution in [2.24, 2.45) is 0 Å². The van der Waals surface area contributed by atoms with Crippen LogP contribution in [-0.4, -0.2) is 59.7 Å². The molecular weight excluding hydrogens is 226 g/mol. The van der Waals surface area contributed by atoms with E-state index in [9.17, 15) is 5.11 Å². The van der Waals surface area contributed by atoms with Crippen LogP contribution < -0.4 is 0 Å². The quantitative estimate of drug-likeness (QED) is 0.869. The average molecular weight is 249 g/mol. The van der Waals surface area contributed by atoms with Gasteiger partial charge in [-0.2, -0.15) is 0 Å². The Balaban J connectivity index is 2.00. The third kappa shape index (κ3) is 3.28. The van der Waals surface area contributed by atoms with Crippen LogP contribution in [0.5, 0.6) is 0 Å². The molecule has 4 heteroatoms. The third-order valence-corrected chi connectivity index (χ3v) is 3.76. The maximum atomic E-state index is 10.3. The summed E-state index contributed by atoms with van der Waals surface area (Å²) in [6.45, 7) is 5.20. The molecule has 0 radical (unpaired) electrons. The zero-order valence-corrected chi connectivity index (χ0v) is 11.5. The van der Waals surface area contributed by atoms with E-state index in [0.717, 1.165) is 37.2 Å². The summed E-state index contributed by atoms with van der Waals surface area (Å²) < 4.78 is 0. The van der Waals surface area contributed by atoms with Gasteiger partial charge in [-0.3, -0.25) is 4.98 Å². The highest BCUT2D eigenvalue weighted by Gasteiger charge is 2.25. The molecule has 0 amide bonds. The number of aromatic nitrogens is 1.